The van der Waals surface area contributed by atoms with Crippen LogP contribution in [0.4, 0.5) is 4.39 Å². The fourth-order valence-corrected chi connectivity index (χ4v) is 3.45. The molecule has 0 amide bonds. The van der Waals surface area contributed by atoms with Crippen LogP contribution in [0.1, 0.15) is 36.6 Å². The highest BCUT2D eigenvalue weighted by Gasteiger charge is 2.16. The number of pyridine rings is 1. The number of aryl methyl sites for hydroxylation is 1. The number of aromatic nitrogens is 2. The van der Waals surface area contributed by atoms with Gasteiger partial charge in [0.05, 0.1) is 11.7 Å². The van der Waals surface area contributed by atoms with E-state index in [0.29, 0.717) is 0 Å². The molecule has 0 bridgehead atoms. The predicted octanol–water partition coefficient (Wildman–Crippen LogP) is 5.35. The van der Waals surface area contributed by atoms with Crippen LogP contribution in [0.2, 0.25) is 0 Å². The summed E-state index contributed by atoms with van der Waals surface area (Å²) in [5.41, 5.74) is 8.26. The van der Waals surface area contributed by atoms with Gasteiger partial charge < -0.3 is 5.43 Å². The van der Waals surface area contributed by atoms with E-state index in [9.17, 15) is 4.39 Å². The van der Waals surface area contributed by atoms with Gasteiger partial charge in [0.15, 0.2) is 0 Å². The lowest BCUT2D eigenvalue weighted by Crippen LogP contribution is -2.31. The van der Waals surface area contributed by atoms with E-state index >= 15 is 0 Å². The van der Waals surface area contributed by atoms with Crippen LogP contribution in [-0.2, 0) is 6.42 Å². The Morgan fingerprint density at radius 2 is 1.88 bits per heavy atom. The highest BCUT2D eigenvalue weighted by atomic mass is 35.5. The standard InChI is InChI=1S/C21H25ClFN3/c1-14(22)4-9-19(12-17-5-7-18(23)8-6-17)25-26-16(3)15(2)20-10-11-24-13-21(20)26/h5-8,10-11,13-14,19,25H,4,9,12H2,1-3H3. The summed E-state index contributed by atoms with van der Waals surface area (Å²) in [6.07, 6.45) is 6.37. The molecule has 3 rings (SSSR count). The minimum absolute atomic E-state index is 0.124. The Hall–Kier alpha value is -2.07. The minimum Gasteiger partial charge on any atom is -0.322 e. The average molecular weight is 374 g/mol. The molecule has 0 saturated carbocycles. The normalized spacial score (nSPS) is 13.7. The molecule has 138 valence electrons. The third kappa shape index (κ3) is 4.18. The fourth-order valence-electron chi connectivity index (χ4n) is 3.32. The molecule has 3 aromatic rings. The molecule has 0 saturated heterocycles. The van der Waals surface area contributed by atoms with Crippen LogP contribution >= 0.6 is 11.6 Å². The monoisotopic (exact) mass is 373 g/mol. The Kier molecular flexibility index (Phi) is 5.82. The van der Waals surface area contributed by atoms with E-state index in [1.54, 1.807) is 0 Å². The topological polar surface area (TPSA) is 29.9 Å². The van der Waals surface area contributed by atoms with Crippen molar-refractivity contribution in [1.82, 2.24) is 9.66 Å². The van der Waals surface area contributed by atoms with E-state index in [1.165, 1.54) is 28.8 Å². The number of hydrogen-bond donors (Lipinski definition) is 1. The molecule has 0 aliphatic heterocycles. The van der Waals surface area contributed by atoms with E-state index in [-0.39, 0.29) is 17.2 Å². The summed E-state index contributed by atoms with van der Waals surface area (Å²) in [5.74, 6) is -0.207. The van der Waals surface area contributed by atoms with Crippen LogP contribution in [0, 0.1) is 19.7 Å². The molecule has 5 heteroatoms. The summed E-state index contributed by atoms with van der Waals surface area (Å²) < 4.78 is 15.3. The second-order valence-corrected chi connectivity index (χ2v) is 7.70. The number of fused-ring (bicyclic) bond motifs is 1. The van der Waals surface area contributed by atoms with Crippen LogP contribution in [0.15, 0.2) is 42.7 Å². The maximum Gasteiger partial charge on any atom is 0.123 e. The molecule has 0 aliphatic carbocycles. The molecule has 3 nitrogen and oxygen atoms in total. The van der Waals surface area contributed by atoms with Crippen LogP contribution in [0.3, 0.4) is 0 Å². The molecule has 2 atom stereocenters. The van der Waals surface area contributed by atoms with Crippen molar-refractivity contribution >= 4 is 22.5 Å². The van der Waals surface area contributed by atoms with E-state index in [4.69, 9.17) is 11.6 Å². The maximum absolute atomic E-state index is 13.2. The van der Waals surface area contributed by atoms with Gasteiger partial charge >= 0.3 is 0 Å². The number of hydrogen-bond acceptors (Lipinski definition) is 2. The zero-order valence-electron chi connectivity index (χ0n) is 15.5. The first-order valence-electron chi connectivity index (χ1n) is 9.02. The second-order valence-electron chi connectivity index (χ2n) is 6.95. The Bertz CT molecular complexity index is 871. The van der Waals surface area contributed by atoms with Gasteiger partial charge in [-0.05, 0) is 69.4 Å². The molecular formula is C21H25ClFN3. The van der Waals surface area contributed by atoms with Crippen molar-refractivity contribution < 1.29 is 4.39 Å². The van der Waals surface area contributed by atoms with Crippen LogP contribution in [0.25, 0.3) is 10.9 Å². The largest absolute Gasteiger partial charge is 0.322 e. The van der Waals surface area contributed by atoms with E-state index in [0.717, 1.165) is 30.3 Å². The summed E-state index contributed by atoms with van der Waals surface area (Å²) in [6, 6.07) is 8.96. The summed E-state index contributed by atoms with van der Waals surface area (Å²) in [7, 11) is 0. The first kappa shape index (κ1) is 18.7. The molecule has 2 unspecified atom stereocenters. The van der Waals surface area contributed by atoms with Gasteiger partial charge in [-0.2, -0.15) is 0 Å². The minimum atomic E-state index is -0.207. The second kappa shape index (κ2) is 8.09. The average Bonchev–Trinajstić information content (AvgIpc) is 2.86. The summed E-state index contributed by atoms with van der Waals surface area (Å²) in [5, 5.41) is 1.33. The molecular weight excluding hydrogens is 349 g/mol. The number of nitrogens with zero attached hydrogens (tertiary/aromatic N) is 2. The quantitative estimate of drug-likeness (QED) is 0.565. The van der Waals surface area contributed by atoms with Crippen LogP contribution < -0.4 is 5.43 Å². The summed E-state index contributed by atoms with van der Waals surface area (Å²) in [6.45, 7) is 6.26. The highest BCUT2D eigenvalue weighted by molar-refractivity contribution is 6.20. The lowest BCUT2D eigenvalue weighted by atomic mass is 10.0. The van der Waals surface area contributed by atoms with Gasteiger partial charge in [0.2, 0.25) is 0 Å². The third-order valence-electron chi connectivity index (χ3n) is 4.94. The Labute approximate surface area is 159 Å². The maximum atomic E-state index is 13.2. The van der Waals surface area contributed by atoms with Crippen LogP contribution in [0.5, 0.6) is 0 Å². The van der Waals surface area contributed by atoms with E-state index < -0.39 is 0 Å². The molecule has 0 spiro atoms. The van der Waals surface area contributed by atoms with Crippen LogP contribution in [-0.4, -0.2) is 21.1 Å². The van der Waals surface area contributed by atoms with Gasteiger partial charge in [-0.15, -0.1) is 11.6 Å². The highest BCUT2D eigenvalue weighted by Crippen LogP contribution is 2.24. The molecule has 2 heterocycles. The lowest BCUT2D eigenvalue weighted by molar-refractivity contribution is 0.560. The van der Waals surface area contributed by atoms with Gasteiger partial charge in [-0.1, -0.05) is 12.1 Å². The zero-order chi connectivity index (χ0) is 18.7. The Balaban J connectivity index is 1.87. The Morgan fingerprint density at radius 3 is 2.58 bits per heavy atom. The number of alkyl halides is 1. The first-order valence-corrected chi connectivity index (χ1v) is 9.46. The van der Waals surface area contributed by atoms with Gasteiger partial charge in [-0.25, -0.2) is 4.39 Å². The van der Waals surface area contributed by atoms with Gasteiger partial charge in [-0.3, -0.25) is 9.66 Å². The van der Waals surface area contributed by atoms with E-state index in [1.807, 2.05) is 37.5 Å². The van der Waals surface area contributed by atoms with Crippen molar-refractivity contribution in [2.75, 3.05) is 5.43 Å². The lowest BCUT2D eigenvalue weighted by Gasteiger charge is -2.23. The fraction of sp³-hybridized carbons (Fsp3) is 0.381. The zero-order valence-corrected chi connectivity index (χ0v) is 16.2. The summed E-state index contributed by atoms with van der Waals surface area (Å²) >= 11 is 6.18. The summed E-state index contributed by atoms with van der Waals surface area (Å²) in [4.78, 5) is 4.28. The van der Waals surface area contributed by atoms with Crippen molar-refractivity contribution in [3.63, 3.8) is 0 Å². The van der Waals surface area contributed by atoms with Gasteiger partial charge in [0.25, 0.3) is 0 Å². The van der Waals surface area contributed by atoms with Gasteiger partial charge in [0.1, 0.15) is 5.82 Å². The molecule has 0 aliphatic rings. The van der Waals surface area contributed by atoms with E-state index in [2.05, 4.69) is 28.9 Å². The first-order chi connectivity index (χ1) is 12.5. The third-order valence-corrected chi connectivity index (χ3v) is 5.16. The number of nitrogens with one attached hydrogen (secondary N) is 1. The molecule has 26 heavy (non-hydrogen) atoms. The molecule has 0 fully saturated rings. The molecule has 1 aromatic carbocycles. The number of rotatable bonds is 7. The predicted molar refractivity (Wildman–Crippen MR) is 107 cm³/mol. The van der Waals surface area contributed by atoms with Crippen molar-refractivity contribution in [3.05, 3.63) is 65.4 Å². The van der Waals surface area contributed by atoms with Crippen molar-refractivity contribution in [2.45, 2.75) is 51.5 Å². The van der Waals surface area contributed by atoms with Gasteiger partial charge in [0, 0.05) is 28.7 Å². The number of benzene rings is 1. The molecule has 2 aromatic heterocycles. The molecule has 0 radical (unpaired) electrons. The SMILES string of the molecule is Cc1c(C)n(NC(CCC(C)Cl)Cc2ccc(F)cc2)c2cnccc12. The molecule has 1 N–H and O–H groups in total. The van der Waals surface area contributed by atoms with Crippen molar-refractivity contribution in [1.29, 1.82) is 0 Å². The van der Waals surface area contributed by atoms with Crippen molar-refractivity contribution in [3.8, 4) is 0 Å². The number of halogens is 2. The smallest absolute Gasteiger partial charge is 0.123 e. The Morgan fingerprint density at radius 1 is 1.15 bits per heavy atom. The van der Waals surface area contributed by atoms with Crippen molar-refractivity contribution in [2.24, 2.45) is 0 Å².